The Morgan fingerprint density at radius 3 is 1.95 bits per heavy atom. The molecule has 1 nitrogen and oxygen atoms in total. The van der Waals surface area contributed by atoms with Crippen molar-refractivity contribution in [2.75, 3.05) is 6.54 Å². The monoisotopic (exact) mass is 299 g/mol. The lowest BCUT2D eigenvalue weighted by molar-refractivity contribution is 0.367. The van der Waals surface area contributed by atoms with Crippen molar-refractivity contribution in [3.05, 3.63) is 71.5 Å². The molecule has 1 atom stereocenters. The van der Waals surface area contributed by atoms with Crippen LogP contribution in [0.25, 0.3) is 0 Å². The molecule has 1 N–H and O–H groups in total. The number of rotatable bonds is 6. The zero-order valence-electron chi connectivity index (χ0n) is 13.8. The summed E-state index contributed by atoms with van der Waals surface area (Å²) in [5.74, 6) is 0.322. The Kier molecular flexibility index (Phi) is 5.73. The maximum atomic E-state index is 13.1. The van der Waals surface area contributed by atoms with Gasteiger partial charge in [0.05, 0.1) is 0 Å². The fourth-order valence-electron chi connectivity index (χ4n) is 2.57. The first-order valence-electron chi connectivity index (χ1n) is 7.96. The van der Waals surface area contributed by atoms with E-state index in [1.54, 1.807) is 12.1 Å². The first-order chi connectivity index (χ1) is 10.4. The smallest absolute Gasteiger partial charge is 0.123 e. The quantitative estimate of drug-likeness (QED) is 0.821. The van der Waals surface area contributed by atoms with Crippen LogP contribution >= 0.6 is 0 Å². The molecular formula is C20H26FN. The van der Waals surface area contributed by atoms with Crippen LogP contribution in [0.5, 0.6) is 0 Å². The van der Waals surface area contributed by atoms with Crippen LogP contribution in [-0.4, -0.2) is 12.1 Å². The molecule has 0 aliphatic carbocycles. The molecule has 0 radical (unpaired) electrons. The molecule has 2 rings (SSSR count). The van der Waals surface area contributed by atoms with Gasteiger partial charge in [0.25, 0.3) is 0 Å². The van der Waals surface area contributed by atoms with Crippen molar-refractivity contribution in [2.24, 2.45) is 5.92 Å². The first-order valence-corrected chi connectivity index (χ1v) is 7.96. The molecule has 0 bridgehead atoms. The zero-order valence-corrected chi connectivity index (χ0v) is 13.8. The van der Waals surface area contributed by atoms with Crippen molar-refractivity contribution in [3.63, 3.8) is 0 Å². The van der Waals surface area contributed by atoms with Gasteiger partial charge in [0.1, 0.15) is 5.82 Å². The lowest BCUT2D eigenvalue weighted by Gasteiger charge is -2.25. The van der Waals surface area contributed by atoms with Crippen LogP contribution in [-0.2, 0) is 12.8 Å². The molecule has 0 aromatic heterocycles. The molecule has 118 valence electrons. The summed E-state index contributed by atoms with van der Waals surface area (Å²) in [6.07, 6.45) is 1.99. The van der Waals surface area contributed by atoms with Gasteiger partial charge in [-0.05, 0) is 69.3 Å². The van der Waals surface area contributed by atoms with Crippen molar-refractivity contribution < 1.29 is 4.39 Å². The number of nitrogens with one attached hydrogen (secondary N) is 1. The van der Waals surface area contributed by atoms with Crippen LogP contribution in [0.4, 0.5) is 4.39 Å². The van der Waals surface area contributed by atoms with Gasteiger partial charge >= 0.3 is 0 Å². The largest absolute Gasteiger partial charge is 0.312 e. The van der Waals surface area contributed by atoms with E-state index in [-0.39, 0.29) is 11.4 Å². The Bertz CT molecular complexity index is 555. The van der Waals surface area contributed by atoms with Crippen molar-refractivity contribution in [1.82, 2.24) is 5.32 Å². The summed E-state index contributed by atoms with van der Waals surface area (Å²) in [5.41, 5.74) is 2.65. The Labute approximate surface area is 133 Å². The molecule has 22 heavy (non-hydrogen) atoms. The highest BCUT2D eigenvalue weighted by atomic mass is 19.1. The van der Waals surface area contributed by atoms with Gasteiger partial charge in [0.2, 0.25) is 0 Å². The third-order valence-electron chi connectivity index (χ3n) is 3.73. The fourth-order valence-corrected chi connectivity index (χ4v) is 2.57. The molecule has 0 aliphatic rings. The molecule has 0 saturated carbocycles. The maximum absolute atomic E-state index is 13.1. The normalized spacial score (nSPS) is 13.1. The van der Waals surface area contributed by atoms with Crippen molar-refractivity contribution in [3.8, 4) is 0 Å². The number of hydrogen-bond acceptors (Lipinski definition) is 1. The average molecular weight is 299 g/mol. The lowest BCUT2D eigenvalue weighted by atomic mass is 9.91. The van der Waals surface area contributed by atoms with E-state index in [0.29, 0.717) is 5.92 Å². The summed E-state index contributed by atoms with van der Waals surface area (Å²) in [7, 11) is 0. The molecule has 0 heterocycles. The summed E-state index contributed by atoms with van der Waals surface area (Å²) in [6.45, 7) is 7.51. The van der Waals surface area contributed by atoms with Gasteiger partial charge < -0.3 is 5.32 Å². The van der Waals surface area contributed by atoms with Crippen LogP contribution < -0.4 is 5.32 Å². The molecule has 0 aliphatic heterocycles. The third-order valence-corrected chi connectivity index (χ3v) is 3.73. The Balaban J connectivity index is 2.05. The molecule has 2 aromatic carbocycles. The van der Waals surface area contributed by atoms with E-state index in [0.717, 1.165) is 19.4 Å². The molecular weight excluding hydrogens is 273 g/mol. The van der Waals surface area contributed by atoms with Gasteiger partial charge in [0, 0.05) is 5.54 Å². The van der Waals surface area contributed by atoms with Gasteiger partial charge in [-0.2, -0.15) is 0 Å². The van der Waals surface area contributed by atoms with Crippen molar-refractivity contribution in [1.29, 1.82) is 0 Å². The van der Waals surface area contributed by atoms with Crippen molar-refractivity contribution >= 4 is 0 Å². The van der Waals surface area contributed by atoms with E-state index in [2.05, 4.69) is 50.4 Å². The molecule has 2 heteroatoms. The van der Waals surface area contributed by atoms with Gasteiger partial charge in [-0.1, -0.05) is 42.5 Å². The van der Waals surface area contributed by atoms with Crippen LogP contribution in [0.15, 0.2) is 54.6 Å². The van der Waals surface area contributed by atoms with Gasteiger partial charge in [-0.25, -0.2) is 4.39 Å². The molecule has 2 aromatic rings. The third kappa shape index (κ3) is 5.98. The van der Waals surface area contributed by atoms with Gasteiger partial charge in [-0.15, -0.1) is 0 Å². The Morgan fingerprint density at radius 1 is 0.864 bits per heavy atom. The number of halogens is 1. The number of hydrogen-bond donors (Lipinski definition) is 1. The predicted molar refractivity (Wildman–Crippen MR) is 91.5 cm³/mol. The highest BCUT2D eigenvalue weighted by Gasteiger charge is 2.15. The summed E-state index contributed by atoms with van der Waals surface area (Å²) in [6, 6.07) is 17.4. The van der Waals surface area contributed by atoms with E-state index in [9.17, 15) is 4.39 Å². The summed E-state index contributed by atoms with van der Waals surface area (Å²) < 4.78 is 13.1. The van der Waals surface area contributed by atoms with Gasteiger partial charge in [-0.3, -0.25) is 0 Å². The SMILES string of the molecule is CC(C)(C)NCC(Cc1ccccc1)Cc1ccc(F)cc1. The van der Waals surface area contributed by atoms with E-state index < -0.39 is 0 Å². The minimum absolute atomic E-state index is 0.109. The summed E-state index contributed by atoms with van der Waals surface area (Å²) in [5, 5.41) is 3.60. The second kappa shape index (κ2) is 7.55. The summed E-state index contributed by atoms with van der Waals surface area (Å²) >= 11 is 0. The highest BCUT2D eigenvalue weighted by Crippen LogP contribution is 2.16. The van der Waals surface area contributed by atoms with Gasteiger partial charge in [0.15, 0.2) is 0 Å². The molecule has 0 fully saturated rings. The fraction of sp³-hybridized carbons (Fsp3) is 0.400. The van der Waals surface area contributed by atoms with E-state index in [1.807, 2.05) is 18.2 Å². The van der Waals surface area contributed by atoms with E-state index in [4.69, 9.17) is 0 Å². The maximum Gasteiger partial charge on any atom is 0.123 e. The van der Waals surface area contributed by atoms with E-state index in [1.165, 1.54) is 11.1 Å². The molecule has 0 saturated heterocycles. The zero-order chi connectivity index (χ0) is 16.0. The first kappa shape index (κ1) is 16.7. The minimum Gasteiger partial charge on any atom is -0.312 e. The molecule has 0 spiro atoms. The van der Waals surface area contributed by atoms with Crippen LogP contribution in [0.3, 0.4) is 0 Å². The topological polar surface area (TPSA) is 12.0 Å². The average Bonchev–Trinajstić information content (AvgIpc) is 2.47. The highest BCUT2D eigenvalue weighted by molar-refractivity contribution is 5.19. The standard InChI is InChI=1S/C20H26FN/c1-20(2,3)22-15-18(13-16-7-5-4-6-8-16)14-17-9-11-19(21)12-10-17/h4-12,18,22H,13-15H2,1-3H3. The minimum atomic E-state index is -0.170. The summed E-state index contributed by atoms with van der Waals surface area (Å²) in [4.78, 5) is 0. The predicted octanol–water partition coefficient (Wildman–Crippen LogP) is 4.62. The van der Waals surface area contributed by atoms with Crippen molar-refractivity contribution in [2.45, 2.75) is 39.2 Å². The second-order valence-electron chi connectivity index (χ2n) is 7.02. The molecule has 0 amide bonds. The Hall–Kier alpha value is -1.67. The molecule has 1 unspecified atom stereocenters. The second-order valence-corrected chi connectivity index (χ2v) is 7.02. The van der Waals surface area contributed by atoms with E-state index >= 15 is 0 Å². The van der Waals surface area contributed by atoms with Crippen LogP contribution in [0.1, 0.15) is 31.9 Å². The Morgan fingerprint density at radius 2 is 1.41 bits per heavy atom. The van der Waals surface area contributed by atoms with Crippen LogP contribution in [0, 0.1) is 11.7 Å². The van der Waals surface area contributed by atoms with Crippen LogP contribution in [0.2, 0.25) is 0 Å². The lowest BCUT2D eigenvalue weighted by Crippen LogP contribution is -2.40. The number of benzene rings is 2.